The molecule has 1 amide bonds. The molecule has 4 rings (SSSR count). The van der Waals surface area contributed by atoms with Crippen molar-refractivity contribution in [2.75, 3.05) is 13.1 Å². The number of rotatable bonds is 5. The molecule has 1 fully saturated rings. The predicted octanol–water partition coefficient (Wildman–Crippen LogP) is 4.08. The third-order valence-corrected chi connectivity index (χ3v) is 8.23. The third kappa shape index (κ3) is 4.88. The van der Waals surface area contributed by atoms with Crippen LogP contribution in [0, 0.1) is 5.92 Å². The lowest BCUT2D eigenvalue weighted by molar-refractivity contribution is -0.127. The second kappa shape index (κ2) is 9.08. The lowest BCUT2D eigenvalue weighted by Crippen LogP contribution is -2.44. The molecule has 0 saturated carbocycles. The number of piperidine rings is 1. The predicted molar refractivity (Wildman–Crippen MR) is 119 cm³/mol. The Morgan fingerprint density at radius 2 is 1.83 bits per heavy atom. The van der Waals surface area contributed by atoms with Crippen molar-refractivity contribution < 1.29 is 13.2 Å². The number of benzene rings is 2. The first kappa shape index (κ1) is 21.3. The fraction of sp³-hybridized carbons (Fsp3) is 0.435. The maximum absolute atomic E-state index is 12.9. The molecule has 7 heteroatoms. The average Bonchev–Trinajstić information content (AvgIpc) is 2.74. The van der Waals surface area contributed by atoms with Crippen LogP contribution in [0.5, 0.6) is 0 Å². The Balaban J connectivity index is 1.34. The van der Waals surface area contributed by atoms with Gasteiger partial charge in [-0.2, -0.15) is 0 Å². The largest absolute Gasteiger partial charge is 0.349 e. The van der Waals surface area contributed by atoms with E-state index in [-0.39, 0.29) is 23.6 Å². The minimum Gasteiger partial charge on any atom is -0.349 e. The van der Waals surface area contributed by atoms with Crippen LogP contribution in [0.4, 0.5) is 0 Å². The lowest BCUT2D eigenvalue weighted by atomic mass is 9.87. The first-order valence-corrected chi connectivity index (χ1v) is 12.5. The maximum atomic E-state index is 12.9. The molecular weight excluding hydrogens is 420 g/mol. The maximum Gasteiger partial charge on any atom is 0.223 e. The summed E-state index contributed by atoms with van der Waals surface area (Å²) in [5.74, 6) is -0.163. The Hall–Kier alpha value is -1.89. The van der Waals surface area contributed by atoms with Gasteiger partial charge in [-0.15, -0.1) is 0 Å². The van der Waals surface area contributed by atoms with E-state index < -0.39 is 10.0 Å². The summed E-state index contributed by atoms with van der Waals surface area (Å²) in [6.07, 6.45) is 4.19. The number of fused-ring (bicyclic) bond motifs is 1. The topological polar surface area (TPSA) is 66.5 Å². The van der Waals surface area contributed by atoms with Gasteiger partial charge in [0.1, 0.15) is 0 Å². The van der Waals surface area contributed by atoms with Crippen molar-refractivity contribution in [3.63, 3.8) is 0 Å². The number of hydrogen-bond acceptors (Lipinski definition) is 3. The van der Waals surface area contributed by atoms with Crippen LogP contribution in [0.1, 0.15) is 48.4 Å². The van der Waals surface area contributed by atoms with Crippen LogP contribution in [-0.2, 0) is 27.0 Å². The lowest BCUT2D eigenvalue weighted by Gasteiger charge is -2.32. The quantitative estimate of drug-likeness (QED) is 0.752. The summed E-state index contributed by atoms with van der Waals surface area (Å²) in [4.78, 5) is 12.9. The molecule has 160 valence electrons. The highest BCUT2D eigenvalue weighted by Crippen LogP contribution is 2.30. The first-order valence-electron chi connectivity index (χ1n) is 10.5. The number of sulfonamides is 1. The number of aryl methyl sites for hydroxylation is 1. The fourth-order valence-electron chi connectivity index (χ4n) is 4.52. The molecule has 2 aromatic rings. The Morgan fingerprint density at radius 1 is 1.07 bits per heavy atom. The number of nitrogens with one attached hydrogen (secondary N) is 1. The highest BCUT2D eigenvalue weighted by Gasteiger charge is 2.32. The van der Waals surface area contributed by atoms with Gasteiger partial charge < -0.3 is 5.32 Å². The van der Waals surface area contributed by atoms with Crippen molar-refractivity contribution in [2.45, 2.75) is 43.9 Å². The molecular formula is C23H27ClN2O3S. The Kier molecular flexibility index (Phi) is 6.46. The van der Waals surface area contributed by atoms with Crippen molar-refractivity contribution in [1.29, 1.82) is 0 Å². The molecule has 1 saturated heterocycles. The smallest absolute Gasteiger partial charge is 0.223 e. The van der Waals surface area contributed by atoms with E-state index in [0.717, 1.165) is 19.3 Å². The monoisotopic (exact) mass is 446 g/mol. The highest BCUT2D eigenvalue weighted by atomic mass is 35.5. The van der Waals surface area contributed by atoms with Gasteiger partial charge >= 0.3 is 0 Å². The molecule has 5 nitrogen and oxygen atoms in total. The normalized spacial score (nSPS) is 20.5. The number of halogens is 1. The van der Waals surface area contributed by atoms with Crippen LogP contribution >= 0.6 is 11.6 Å². The van der Waals surface area contributed by atoms with E-state index in [2.05, 4.69) is 17.4 Å². The summed E-state index contributed by atoms with van der Waals surface area (Å²) in [6.45, 7) is 0.754. The molecule has 1 aliphatic carbocycles. The van der Waals surface area contributed by atoms with Crippen molar-refractivity contribution in [3.8, 4) is 0 Å². The molecule has 1 N–H and O–H groups in total. The highest BCUT2D eigenvalue weighted by molar-refractivity contribution is 7.88. The molecule has 1 aliphatic heterocycles. The molecule has 0 unspecified atom stereocenters. The van der Waals surface area contributed by atoms with Crippen LogP contribution < -0.4 is 5.32 Å². The summed E-state index contributed by atoms with van der Waals surface area (Å²) < 4.78 is 27.1. The van der Waals surface area contributed by atoms with Crippen LogP contribution in [0.25, 0.3) is 0 Å². The molecule has 0 aromatic heterocycles. The molecule has 1 heterocycles. The standard InChI is InChI=1S/C23H27ClN2O3S/c24-20-8-3-5-17(15-20)16-30(28,29)26-13-11-19(12-14-26)23(27)25-22-10-4-7-18-6-1-2-9-21(18)22/h1-3,5-6,8-9,15,19,22H,4,7,10-14,16H2,(H,25,27)/t22-/m0/s1. The third-order valence-electron chi connectivity index (χ3n) is 6.14. The van der Waals surface area contributed by atoms with Gasteiger partial charge in [0, 0.05) is 24.0 Å². The van der Waals surface area contributed by atoms with Crippen molar-refractivity contribution in [2.24, 2.45) is 5.92 Å². The first-order chi connectivity index (χ1) is 14.4. The number of hydrogen-bond donors (Lipinski definition) is 1. The van der Waals surface area contributed by atoms with Gasteiger partial charge in [0.25, 0.3) is 0 Å². The van der Waals surface area contributed by atoms with E-state index in [0.29, 0.717) is 36.5 Å². The van der Waals surface area contributed by atoms with Crippen LogP contribution in [0.15, 0.2) is 48.5 Å². The Labute approximate surface area is 183 Å². The van der Waals surface area contributed by atoms with Crippen LogP contribution in [0.3, 0.4) is 0 Å². The zero-order valence-corrected chi connectivity index (χ0v) is 18.5. The summed E-state index contributed by atoms with van der Waals surface area (Å²) in [5.41, 5.74) is 3.22. The van der Waals surface area contributed by atoms with E-state index in [9.17, 15) is 13.2 Å². The van der Waals surface area contributed by atoms with Gasteiger partial charge in [-0.3, -0.25) is 4.79 Å². The zero-order valence-electron chi connectivity index (χ0n) is 16.9. The van der Waals surface area contributed by atoms with E-state index in [1.165, 1.54) is 15.4 Å². The zero-order chi connectivity index (χ0) is 21.1. The second-order valence-corrected chi connectivity index (χ2v) is 10.6. The summed E-state index contributed by atoms with van der Waals surface area (Å²) in [6, 6.07) is 15.3. The van der Waals surface area contributed by atoms with Crippen molar-refractivity contribution in [1.82, 2.24) is 9.62 Å². The summed E-state index contributed by atoms with van der Waals surface area (Å²) >= 11 is 5.97. The van der Waals surface area contributed by atoms with Crippen LogP contribution in [0.2, 0.25) is 5.02 Å². The minimum absolute atomic E-state index is 0.0450. The van der Waals surface area contributed by atoms with Gasteiger partial charge in [0.2, 0.25) is 15.9 Å². The van der Waals surface area contributed by atoms with Gasteiger partial charge in [-0.05, 0) is 60.9 Å². The second-order valence-electron chi connectivity index (χ2n) is 8.21. The Morgan fingerprint density at radius 3 is 2.60 bits per heavy atom. The number of carbonyl (C=O) groups is 1. The Bertz CT molecular complexity index is 1020. The summed E-state index contributed by atoms with van der Waals surface area (Å²) in [5, 5.41) is 3.75. The van der Waals surface area contributed by atoms with Gasteiger partial charge in [-0.1, -0.05) is 48.0 Å². The number of amides is 1. The minimum atomic E-state index is -3.43. The molecule has 1 atom stereocenters. The van der Waals surface area contributed by atoms with Crippen molar-refractivity contribution >= 4 is 27.5 Å². The van der Waals surface area contributed by atoms with E-state index in [1.807, 2.05) is 12.1 Å². The van der Waals surface area contributed by atoms with E-state index in [4.69, 9.17) is 11.6 Å². The number of nitrogens with zero attached hydrogens (tertiary/aromatic N) is 1. The van der Waals surface area contributed by atoms with Crippen LogP contribution in [-0.4, -0.2) is 31.7 Å². The fourth-order valence-corrected chi connectivity index (χ4v) is 6.28. The molecule has 0 spiro atoms. The molecule has 30 heavy (non-hydrogen) atoms. The molecule has 0 bridgehead atoms. The van der Waals surface area contributed by atoms with E-state index >= 15 is 0 Å². The van der Waals surface area contributed by atoms with E-state index in [1.54, 1.807) is 24.3 Å². The summed E-state index contributed by atoms with van der Waals surface area (Å²) in [7, 11) is -3.43. The van der Waals surface area contributed by atoms with Gasteiger partial charge in [0.05, 0.1) is 11.8 Å². The average molecular weight is 447 g/mol. The molecule has 2 aliphatic rings. The number of carbonyl (C=O) groups excluding carboxylic acids is 1. The SMILES string of the molecule is O=C(N[C@H]1CCCc2ccccc21)C1CCN(S(=O)(=O)Cc2cccc(Cl)c2)CC1. The molecule has 0 radical (unpaired) electrons. The molecule has 2 aromatic carbocycles. The van der Waals surface area contributed by atoms with Gasteiger partial charge in [-0.25, -0.2) is 12.7 Å². The van der Waals surface area contributed by atoms with Gasteiger partial charge in [0.15, 0.2) is 0 Å². The van der Waals surface area contributed by atoms with Crippen molar-refractivity contribution in [3.05, 3.63) is 70.2 Å².